The van der Waals surface area contributed by atoms with Crippen LogP contribution in [0.4, 0.5) is 5.69 Å². The van der Waals surface area contributed by atoms with Crippen molar-refractivity contribution < 1.29 is 8.42 Å². The van der Waals surface area contributed by atoms with E-state index in [2.05, 4.69) is 19.6 Å². The zero-order chi connectivity index (χ0) is 14.7. The molecule has 1 saturated heterocycles. The van der Waals surface area contributed by atoms with E-state index < -0.39 is 10.0 Å². The summed E-state index contributed by atoms with van der Waals surface area (Å²) in [6.07, 6.45) is 5.15. The van der Waals surface area contributed by atoms with Crippen molar-refractivity contribution in [2.75, 3.05) is 17.8 Å². The first kappa shape index (κ1) is 14.1. The van der Waals surface area contributed by atoms with Crippen molar-refractivity contribution in [2.24, 2.45) is 0 Å². The molecular weight excluding hydrogens is 288 g/mol. The fourth-order valence-electron chi connectivity index (χ4n) is 2.48. The van der Waals surface area contributed by atoms with Crippen LogP contribution in [0.2, 0.25) is 0 Å². The Kier molecular flexibility index (Phi) is 3.94. The molecule has 7 heteroatoms. The number of nitrogens with one attached hydrogen (secondary N) is 2. The average molecular weight is 306 g/mol. The summed E-state index contributed by atoms with van der Waals surface area (Å²) in [7, 11) is -3.58. The van der Waals surface area contributed by atoms with E-state index >= 15 is 0 Å². The van der Waals surface area contributed by atoms with Gasteiger partial charge in [-0.25, -0.2) is 4.98 Å². The molecule has 21 heavy (non-hydrogen) atoms. The molecule has 1 fully saturated rings. The summed E-state index contributed by atoms with van der Waals surface area (Å²) in [5.74, 6) is 0. The van der Waals surface area contributed by atoms with E-state index in [0.29, 0.717) is 5.69 Å². The summed E-state index contributed by atoms with van der Waals surface area (Å²) in [5, 5.41) is 0.0589. The predicted octanol–water partition coefficient (Wildman–Crippen LogP) is 1.81. The van der Waals surface area contributed by atoms with E-state index in [9.17, 15) is 8.42 Å². The van der Waals surface area contributed by atoms with Gasteiger partial charge < -0.3 is 4.98 Å². The number of hydrogen-bond donors (Lipinski definition) is 2. The molecule has 2 N–H and O–H groups in total. The van der Waals surface area contributed by atoms with E-state index in [1.807, 2.05) is 12.1 Å². The van der Waals surface area contributed by atoms with Gasteiger partial charge in [0.1, 0.15) is 0 Å². The van der Waals surface area contributed by atoms with Crippen LogP contribution in [0.1, 0.15) is 18.4 Å². The highest BCUT2D eigenvalue weighted by Gasteiger charge is 2.16. The Morgan fingerprint density at radius 2 is 1.90 bits per heavy atom. The van der Waals surface area contributed by atoms with Gasteiger partial charge in [0.25, 0.3) is 10.0 Å². The van der Waals surface area contributed by atoms with Gasteiger partial charge in [-0.05, 0) is 43.6 Å². The first-order valence-electron chi connectivity index (χ1n) is 6.96. The van der Waals surface area contributed by atoms with Crippen LogP contribution in [-0.4, -0.2) is 36.4 Å². The molecule has 2 heterocycles. The molecule has 6 nitrogen and oxygen atoms in total. The second-order valence-corrected chi connectivity index (χ2v) is 6.85. The third-order valence-electron chi connectivity index (χ3n) is 3.57. The minimum atomic E-state index is -3.58. The maximum atomic E-state index is 12.0. The van der Waals surface area contributed by atoms with E-state index in [1.54, 1.807) is 12.1 Å². The van der Waals surface area contributed by atoms with Crippen molar-refractivity contribution in [1.82, 2.24) is 14.9 Å². The largest absolute Gasteiger partial charge is 0.334 e. The second kappa shape index (κ2) is 5.87. The Morgan fingerprint density at radius 1 is 1.19 bits per heavy atom. The van der Waals surface area contributed by atoms with Gasteiger partial charge in [0.15, 0.2) is 5.03 Å². The van der Waals surface area contributed by atoms with E-state index in [-0.39, 0.29) is 5.03 Å². The lowest BCUT2D eigenvalue weighted by atomic mass is 10.2. The van der Waals surface area contributed by atoms with E-state index in [4.69, 9.17) is 0 Å². The predicted molar refractivity (Wildman–Crippen MR) is 80.3 cm³/mol. The van der Waals surface area contributed by atoms with Crippen molar-refractivity contribution >= 4 is 15.7 Å². The molecule has 0 bridgehead atoms. The zero-order valence-electron chi connectivity index (χ0n) is 11.6. The number of aromatic amines is 1. The highest BCUT2D eigenvalue weighted by atomic mass is 32.2. The highest BCUT2D eigenvalue weighted by molar-refractivity contribution is 7.92. The van der Waals surface area contributed by atoms with Crippen LogP contribution in [0.15, 0.2) is 41.8 Å². The molecular formula is C14H18N4O2S. The Morgan fingerprint density at radius 3 is 2.52 bits per heavy atom. The molecule has 112 valence electrons. The van der Waals surface area contributed by atoms with Crippen LogP contribution >= 0.6 is 0 Å². The minimum Gasteiger partial charge on any atom is -0.334 e. The maximum absolute atomic E-state index is 12.0. The van der Waals surface area contributed by atoms with Crippen LogP contribution in [0, 0.1) is 0 Å². The number of rotatable bonds is 5. The van der Waals surface area contributed by atoms with Crippen LogP contribution in [0.3, 0.4) is 0 Å². The van der Waals surface area contributed by atoms with Crippen LogP contribution < -0.4 is 4.72 Å². The number of imidazole rings is 1. The molecule has 3 rings (SSSR count). The molecule has 1 aliphatic rings. The van der Waals surface area contributed by atoms with Crippen LogP contribution in [0.5, 0.6) is 0 Å². The minimum absolute atomic E-state index is 0.0589. The molecule has 2 aromatic rings. The quantitative estimate of drug-likeness (QED) is 0.883. The lowest BCUT2D eigenvalue weighted by Gasteiger charge is -2.14. The molecule has 0 aliphatic carbocycles. The lowest BCUT2D eigenvalue weighted by Crippen LogP contribution is -2.18. The normalized spacial score (nSPS) is 16.2. The van der Waals surface area contributed by atoms with Crippen molar-refractivity contribution in [1.29, 1.82) is 0 Å². The Hall–Kier alpha value is -1.86. The number of aromatic nitrogens is 2. The first-order valence-corrected chi connectivity index (χ1v) is 8.44. The summed E-state index contributed by atoms with van der Waals surface area (Å²) in [6.45, 7) is 3.22. The Bertz CT molecular complexity index is 674. The summed E-state index contributed by atoms with van der Waals surface area (Å²) >= 11 is 0. The molecule has 1 aliphatic heterocycles. The second-order valence-electron chi connectivity index (χ2n) is 5.20. The Labute approximate surface area is 124 Å². The van der Waals surface area contributed by atoms with Crippen LogP contribution in [0.25, 0.3) is 0 Å². The van der Waals surface area contributed by atoms with Gasteiger partial charge in [-0.1, -0.05) is 12.1 Å². The maximum Gasteiger partial charge on any atom is 0.278 e. The topological polar surface area (TPSA) is 78.1 Å². The number of benzene rings is 1. The van der Waals surface area contributed by atoms with Gasteiger partial charge >= 0.3 is 0 Å². The molecule has 1 aromatic carbocycles. The van der Waals surface area contributed by atoms with Gasteiger partial charge in [-0.3, -0.25) is 9.62 Å². The molecule has 0 radical (unpaired) electrons. The number of nitrogens with zero attached hydrogens (tertiary/aromatic N) is 2. The van der Waals surface area contributed by atoms with Gasteiger partial charge in [0.05, 0.1) is 12.5 Å². The monoisotopic (exact) mass is 306 g/mol. The zero-order valence-corrected chi connectivity index (χ0v) is 12.4. The smallest absolute Gasteiger partial charge is 0.278 e. The van der Waals surface area contributed by atoms with E-state index in [1.165, 1.54) is 30.9 Å². The average Bonchev–Trinajstić information content (AvgIpc) is 3.13. The molecule has 0 amide bonds. The molecule has 0 saturated carbocycles. The summed E-state index contributed by atoms with van der Waals surface area (Å²) < 4.78 is 26.6. The van der Waals surface area contributed by atoms with Gasteiger partial charge in [-0.2, -0.15) is 8.42 Å². The first-order chi connectivity index (χ1) is 10.1. The Balaban J connectivity index is 1.67. The SMILES string of the molecule is O=S(=O)(Nc1ccc(CN2CCCC2)cc1)c1cnc[nH]1. The van der Waals surface area contributed by atoms with Gasteiger partial charge in [0.2, 0.25) is 0 Å². The van der Waals surface area contributed by atoms with Crippen molar-refractivity contribution in [3.8, 4) is 0 Å². The summed E-state index contributed by atoms with van der Waals surface area (Å²) in [4.78, 5) is 8.72. The molecule has 1 aromatic heterocycles. The third-order valence-corrected chi connectivity index (χ3v) is 4.88. The molecule has 0 spiro atoms. The number of sulfonamides is 1. The number of likely N-dealkylation sites (tertiary alicyclic amines) is 1. The molecule has 0 atom stereocenters. The van der Waals surface area contributed by atoms with Crippen molar-refractivity contribution in [3.63, 3.8) is 0 Å². The number of H-pyrrole nitrogens is 1. The highest BCUT2D eigenvalue weighted by Crippen LogP contribution is 2.17. The summed E-state index contributed by atoms with van der Waals surface area (Å²) in [6, 6.07) is 7.50. The fourth-order valence-corrected chi connectivity index (χ4v) is 3.44. The van der Waals surface area contributed by atoms with Crippen LogP contribution in [-0.2, 0) is 16.6 Å². The third kappa shape index (κ3) is 3.43. The number of anilines is 1. The van der Waals surface area contributed by atoms with E-state index in [0.717, 1.165) is 19.6 Å². The fraction of sp³-hybridized carbons (Fsp3) is 0.357. The number of hydrogen-bond acceptors (Lipinski definition) is 4. The van der Waals surface area contributed by atoms with Crippen molar-refractivity contribution in [3.05, 3.63) is 42.4 Å². The standard InChI is InChI=1S/C14H18N4O2S/c19-21(20,14-9-15-11-16-14)17-13-5-3-12(4-6-13)10-18-7-1-2-8-18/h3-6,9,11,17H,1-2,7-8,10H2,(H,15,16). The molecule has 0 unspecified atom stereocenters. The summed E-state index contributed by atoms with van der Waals surface area (Å²) in [5.41, 5.74) is 1.75. The lowest BCUT2D eigenvalue weighted by molar-refractivity contribution is 0.331. The van der Waals surface area contributed by atoms with Crippen molar-refractivity contribution in [2.45, 2.75) is 24.4 Å². The van der Waals surface area contributed by atoms with Gasteiger partial charge in [-0.15, -0.1) is 0 Å². The van der Waals surface area contributed by atoms with Gasteiger partial charge in [0, 0.05) is 12.2 Å².